The predicted molar refractivity (Wildman–Crippen MR) is 89.6 cm³/mol. The first-order valence-corrected chi connectivity index (χ1v) is 10.9. The third kappa shape index (κ3) is 5.68. The fraction of sp³-hybridized carbons (Fsp3) is 0.143. The molecule has 148 valence electrons. The van der Waals surface area contributed by atoms with Crippen LogP contribution < -0.4 is 0 Å². The SMILES string of the molecule is O=S(=O)(O)Cc1cc(S(=O)(=O)c2ccc(F)c(CSOOO)c2)ccc1F. The summed E-state index contributed by atoms with van der Waals surface area (Å²) in [6.45, 7) is 0. The molecule has 13 heteroatoms. The Kier molecular flexibility index (Phi) is 6.91. The summed E-state index contributed by atoms with van der Waals surface area (Å²) in [6, 6.07) is 5.32. The van der Waals surface area contributed by atoms with Gasteiger partial charge in [0.1, 0.15) is 17.4 Å². The van der Waals surface area contributed by atoms with Gasteiger partial charge in [0.15, 0.2) is 0 Å². The van der Waals surface area contributed by atoms with Crippen molar-refractivity contribution in [3.05, 3.63) is 59.2 Å². The number of hydrogen-bond donors (Lipinski definition) is 2. The van der Waals surface area contributed by atoms with Gasteiger partial charge in [-0.25, -0.2) is 22.5 Å². The quantitative estimate of drug-likeness (QED) is 0.158. The third-order valence-corrected chi connectivity index (χ3v) is 6.30. The summed E-state index contributed by atoms with van der Waals surface area (Å²) < 4.78 is 87.7. The van der Waals surface area contributed by atoms with E-state index in [9.17, 15) is 25.6 Å². The van der Waals surface area contributed by atoms with Crippen LogP contribution in [0.15, 0.2) is 46.2 Å². The highest BCUT2D eigenvalue weighted by Gasteiger charge is 2.22. The molecule has 2 N–H and O–H groups in total. The molecule has 2 aromatic carbocycles. The van der Waals surface area contributed by atoms with Crippen molar-refractivity contribution in [1.29, 1.82) is 0 Å². The molecule has 0 radical (unpaired) electrons. The first-order chi connectivity index (χ1) is 12.5. The molecule has 0 aliphatic rings. The van der Waals surface area contributed by atoms with E-state index in [0.29, 0.717) is 12.0 Å². The molecule has 27 heavy (non-hydrogen) atoms. The highest BCUT2D eigenvalue weighted by Crippen LogP contribution is 2.27. The Morgan fingerprint density at radius 2 is 1.44 bits per heavy atom. The predicted octanol–water partition coefficient (Wildman–Crippen LogP) is 2.75. The summed E-state index contributed by atoms with van der Waals surface area (Å²) in [4.78, 5) is -0.781. The molecule has 0 aromatic heterocycles. The Bertz CT molecular complexity index is 1040. The van der Waals surface area contributed by atoms with Gasteiger partial charge in [-0.15, -0.1) is 4.33 Å². The molecule has 8 nitrogen and oxygen atoms in total. The average molecular weight is 442 g/mol. The minimum atomic E-state index is -4.59. The van der Waals surface area contributed by atoms with Crippen molar-refractivity contribution in [3.63, 3.8) is 0 Å². The van der Waals surface area contributed by atoms with Gasteiger partial charge in [0.2, 0.25) is 9.84 Å². The molecule has 0 atom stereocenters. The van der Waals surface area contributed by atoms with E-state index < -0.39 is 47.8 Å². The normalized spacial score (nSPS) is 12.3. The zero-order valence-electron chi connectivity index (χ0n) is 13.2. The summed E-state index contributed by atoms with van der Waals surface area (Å²) in [7, 11) is -8.83. The van der Waals surface area contributed by atoms with Crippen molar-refractivity contribution >= 4 is 32.0 Å². The van der Waals surface area contributed by atoms with Crippen LogP contribution in [0.1, 0.15) is 11.1 Å². The molecule has 0 saturated carbocycles. The van der Waals surface area contributed by atoms with Crippen molar-refractivity contribution in [3.8, 4) is 0 Å². The summed E-state index contributed by atoms with van der Waals surface area (Å²) in [5.74, 6) is -3.06. The number of rotatable bonds is 8. The average Bonchev–Trinajstić information content (AvgIpc) is 2.57. The van der Waals surface area contributed by atoms with E-state index in [2.05, 4.69) is 9.37 Å². The van der Waals surface area contributed by atoms with E-state index in [1.807, 2.05) is 0 Å². The largest absolute Gasteiger partial charge is 0.285 e. The van der Waals surface area contributed by atoms with Crippen LogP contribution in [0.4, 0.5) is 8.78 Å². The molecule has 0 saturated heterocycles. The molecule has 0 unspecified atom stereocenters. The molecular formula is C14H12F2O8S3. The molecule has 0 bridgehead atoms. The maximum atomic E-state index is 13.8. The monoisotopic (exact) mass is 442 g/mol. The van der Waals surface area contributed by atoms with Crippen molar-refractivity contribution < 1.29 is 44.8 Å². The molecule has 0 aliphatic heterocycles. The lowest BCUT2D eigenvalue weighted by Crippen LogP contribution is -2.08. The van der Waals surface area contributed by atoms with Gasteiger partial charge in [-0.05, 0) is 36.4 Å². The summed E-state index contributed by atoms with van der Waals surface area (Å²) in [5, 5.41) is 11.4. The topological polar surface area (TPSA) is 127 Å². The first-order valence-electron chi connectivity index (χ1n) is 6.91. The fourth-order valence-electron chi connectivity index (χ4n) is 2.10. The van der Waals surface area contributed by atoms with Crippen LogP contribution in [0.5, 0.6) is 0 Å². The van der Waals surface area contributed by atoms with Gasteiger partial charge in [0.25, 0.3) is 10.1 Å². The highest BCUT2D eigenvalue weighted by atomic mass is 32.2. The van der Waals surface area contributed by atoms with Gasteiger partial charge < -0.3 is 0 Å². The Balaban J connectivity index is 2.44. The molecule has 0 aliphatic carbocycles. The number of hydrogen-bond acceptors (Lipinski definition) is 8. The standard InChI is InChI=1S/C14H12F2O8S3/c15-13-3-1-11(5-9(13)7-25-24-23-17)27(21,22)12-2-4-14(16)10(6-12)8-26(18,19)20/h1-6,17H,7-8H2,(H,18,19,20). The van der Waals surface area contributed by atoms with Gasteiger partial charge >= 0.3 is 0 Å². The second kappa shape index (κ2) is 8.60. The number of halogens is 2. The molecule has 0 amide bonds. The first kappa shape index (κ1) is 21.7. The Morgan fingerprint density at radius 3 is 1.96 bits per heavy atom. The lowest BCUT2D eigenvalue weighted by atomic mass is 10.2. The van der Waals surface area contributed by atoms with E-state index in [1.165, 1.54) is 0 Å². The lowest BCUT2D eigenvalue weighted by molar-refractivity contribution is -0.432. The van der Waals surface area contributed by atoms with E-state index in [-0.39, 0.29) is 16.2 Å². The Labute approximate surface area is 157 Å². The van der Waals surface area contributed by atoms with Crippen LogP contribution in [0.3, 0.4) is 0 Å². The van der Waals surface area contributed by atoms with Crippen LogP contribution in [-0.2, 0) is 40.8 Å². The van der Waals surface area contributed by atoms with Gasteiger partial charge in [0.05, 0.1) is 15.5 Å². The maximum Gasteiger partial charge on any atom is 0.269 e. The zero-order valence-corrected chi connectivity index (χ0v) is 15.7. The van der Waals surface area contributed by atoms with Crippen molar-refractivity contribution in [1.82, 2.24) is 0 Å². The summed E-state index contributed by atoms with van der Waals surface area (Å²) >= 11 is 0.495. The smallest absolute Gasteiger partial charge is 0.269 e. The van der Waals surface area contributed by atoms with Crippen LogP contribution in [0.25, 0.3) is 0 Å². The minimum Gasteiger partial charge on any atom is -0.285 e. The van der Waals surface area contributed by atoms with Gasteiger partial charge in [0, 0.05) is 23.2 Å². The zero-order chi connectivity index (χ0) is 20.2. The van der Waals surface area contributed by atoms with E-state index in [4.69, 9.17) is 9.81 Å². The molecule has 0 spiro atoms. The van der Waals surface area contributed by atoms with Crippen LogP contribution in [0, 0.1) is 11.6 Å². The van der Waals surface area contributed by atoms with Crippen molar-refractivity contribution in [2.24, 2.45) is 0 Å². The van der Waals surface area contributed by atoms with E-state index in [0.717, 1.165) is 36.4 Å². The van der Waals surface area contributed by atoms with Crippen LogP contribution >= 0.6 is 12.0 Å². The lowest BCUT2D eigenvalue weighted by Gasteiger charge is -2.09. The maximum absolute atomic E-state index is 13.8. The van der Waals surface area contributed by atoms with Gasteiger partial charge in [-0.3, -0.25) is 4.55 Å². The van der Waals surface area contributed by atoms with E-state index in [1.54, 1.807) is 0 Å². The highest BCUT2D eigenvalue weighted by molar-refractivity contribution is 7.93. The van der Waals surface area contributed by atoms with Crippen LogP contribution in [0.2, 0.25) is 0 Å². The molecule has 0 heterocycles. The van der Waals surface area contributed by atoms with Gasteiger partial charge in [-0.2, -0.15) is 8.42 Å². The number of sulfone groups is 1. The van der Waals surface area contributed by atoms with E-state index >= 15 is 0 Å². The molecule has 2 aromatic rings. The third-order valence-electron chi connectivity index (χ3n) is 3.29. The molecular weight excluding hydrogens is 430 g/mol. The summed E-state index contributed by atoms with van der Waals surface area (Å²) in [6.07, 6.45) is 0. The van der Waals surface area contributed by atoms with Crippen LogP contribution in [-0.4, -0.2) is 26.6 Å². The fourth-order valence-corrected chi connectivity index (χ4v) is 4.51. The molecule has 0 fully saturated rings. The minimum absolute atomic E-state index is 0.0848. The second-order valence-corrected chi connectivity index (χ2v) is 9.20. The number of benzene rings is 2. The molecule has 2 rings (SSSR count). The Hall–Kier alpha value is -1.61. The Morgan fingerprint density at radius 1 is 0.926 bits per heavy atom. The van der Waals surface area contributed by atoms with Gasteiger partial charge in [-0.1, -0.05) is 5.04 Å². The van der Waals surface area contributed by atoms with Crippen molar-refractivity contribution in [2.75, 3.05) is 0 Å². The second-order valence-electron chi connectivity index (χ2n) is 5.14. The van der Waals surface area contributed by atoms with Crippen molar-refractivity contribution in [2.45, 2.75) is 21.3 Å². The summed E-state index contributed by atoms with van der Waals surface area (Å²) in [5.41, 5.74) is -0.622.